The van der Waals surface area contributed by atoms with Gasteiger partial charge in [0, 0.05) is 6.54 Å². The number of nitrogens with zero attached hydrogens (tertiary/aromatic N) is 1. The van der Waals surface area contributed by atoms with Gasteiger partial charge in [-0.05, 0) is 24.2 Å². The zero-order valence-corrected chi connectivity index (χ0v) is 10.3. The van der Waals surface area contributed by atoms with E-state index < -0.39 is 10.0 Å². The maximum atomic E-state index is 11.8. The molecule has 2 N–H and O–H groups in total. The molecule has 2 rings (SSSR count). The van der Waals surface area contributed by atoms with Crippen molar-refractivity contribution in [1.29, 1.82) is 0 Å². The Morgan fingerprint density at radius 2 is 2.25 bits per heavy atom. The SMILES string of the molecule is CC(C)C1(CNS(=O)(=O)c2cnc[nH]2)CC1. The summed E-state index contributed by atoms with van der Waals surface area (Å²) in [4.78, 5) is 6.31. The third kappa shape index (κ3) is 2.12. The third-order valence-corrected chi connectivity index (χ3v) is 4.82. The van der Waals surface area contributed by atoms with Gasteiger partial charge < -0.3 is 4.98 Å². The van der Waals surface area contributed by atoms with Gasteiger partial charge in [-0.15, -0.1) is 0 Å². The molecule has 90 valence electrons. The van der Waals surface area contributed by atoms with Crippen LogP contribution in [0.2, 0.25) is 0 Å². The summed E-state index contributed by atoms with van der Waals surface area (Å²) in [5.74, 6) is 0.511. The van der Waals surface area contributed by atoms with Crippen LogP contribution in [0.5, 0.6) is 0 Å². The van der Waals surface area contributed by atoms with Crippen molar-refractivity contribution in [3.63, 3.8) is 0 Å². The Hall–Kier alpha value is -0.880. The lowest BCUT2D eigenvalue weighted by molar-refractivity contribution is 0.357. The van der Waals surface area contributed by atoms with Gasteiger partial charge in [-0.25, -0.2) is 18.1 Å². The van der Waals surface area contributed by atoms with Crippen LogP contribution in [0.25, 0.3) is 0 Å². The summed E-state index contributed by atoms with van der Waals surface area (Å²) in [7, 11) is -3.41. The van der Waals surface area contributed by atoms with Gasteiger partial charge in [0.25, 0.3) is 10.0 Å². The Balaban J connectivity index is 2.01. The number of sulfonamides is 1. The van der Waals surface area contributed by atoms with Gasteiger partial charge in [-0.1, -0.05) is 13.8 Å². The van der Waals surface area contributed by atoms with E-state index in [1.807, 2.05) is 0 Å². The van der Waals surface area contributed by atoms with Crippen molar-refractivity contribution >= 4 is 10.0 Å². The molecule has 1 aliphatic rings. The molecule has 0 unspecified atom stereocenters. The Morgan fingerprint density at radius 3 is 2.69 bits per heavy atom. The zero-order chi connectivity index (χ0) is 11.8. The molecule has 1 aliphatic carbocycles. The molecule has 0 spiro atoms. The van der Waals surface area contributed by atoms with Crippen molar-refractivity contribution in [1.82, 2.24) is 14.7 Å². The van der Waals surface area contributed by atoms with Gasteiger partial charge in [0.15, 0.2) is 5.03 Å². The van der Waals surface area contributed by atoms with Crippen LogP contribution >= 0.6 is 0 Å². The minimum absolute atomic E-state index is 0.132. The van der Waals surface area contributed by atoms with E-state index in [1.165, 1.54) is 12.5 Å². The van der Waals surface area contributed by atoms with Crippen molar-refractivity contribution < 1.29 is 8.42 Å². The lowest BCUT2D eigenvalue weighted by Gasteiger charge is -2.19. The average Bonchev–Trinajstić information content (AvgIpc) is 2.80. The van der Waals surface area contributed by atoms with Gasteiger partial charge in [-0.3, -0.25) is 0 Å². The number of aromatic amines is 1. The lowest BCUT2D eigenvalue weighted by Crippen LogP contribution is -2.32. The van der Waals surface area contributed by atoms with Crippen LogP contribution in [0.15, 0.2) is 17.6 Å². The number of hydrogen-bond acceptors (Lipinski definition) is 3. The number of H-pyrrole nitrogens is 1. The first-order valence-corrected chi connectivity index (χ1v) is 6.93. The molecule has 1 aromatic rings. The van der Waals surface area contributed by atoms with Crippen LogP contribution in [-0.4, -0.2) is 24.9 Å². The zero-order valence-electron chi connectivity index (χ0n) is 9.53. The highest BCUT2D eigenvalue weighted by Crippen LogP contribution is 2.51. The van der Waals surface area contributed by atoms with E-state index in [9.17, 15) is 8.42 Å². The molecule has 1 heterocycles. The number of hydrogen-bond donors (Lipinski definition) is 2. The summed E-state index contributed by atoms with van der Waals surface area (Å²) in [6.45, 7) is 4.79. The molecule has 1 fully saturated rings. The summed E-state index contributed by atoms with van der Waals surface area (Å²) in [6.07, 6.45) is 4.90. The van der Waals surface area contributed by atoms with E-state index in [0.717, 1.165) is 12.8 Å². The lowest BCUT2D eigenvalue weighted by atomic mass is 9.93. The van der Waals surface area contributed by atoms with Crippen LogP contribution in [0, 0.1) is 11.3 Å². The summed E-state index contributed by atoms with van der Waals surface area (Å²) in [5.41, 5.74) is 0.174. The predicted molar refractivity (Wildman–Crippen MR) is 60.3 cm³/mol. The molecule has 0 bridgehead atoms. The molecule has 16 heavy (non-hydrogen) atoms. The van der Waals surface area contributed by atoms with Crippen LogP contribution in [0.3, 0.4) is 0 Å². The summed E-state index contributed by atoms with van der Waals surface area (Å²) < 4.78 is 26.3. The minimum Gasteiger partial charge on any atom is -0.335 e. The molecule has 0 radical (unpaired) electrons. The van der Waals surface area contributed by atoms with Crippen molar-refractivity contribution in [3.8, 4) is 0 Å². The van der Waals surface area contributed by atoms with E-state index in [4.69, 9.17) is 0 Å². The number of aromatic nitrogens is 2. The monoisotopic (exact) mass is 243 g/mol. The first-order valence-electron chi connectivity index (χ1n) is 5.44. The summed E-state index contributed by atoms with van der Waals surface area (Å²) in [6, 6.07) is 0. The Bertz CT molecular complexity index is 446. The number of imidazole rings is 1. The van der Waals surface area contributed by atoms with Crippen molar-refractivity contribution in [3.05, 3.63) is 12.5 Å². The fourth-order valence-corrected chi connectivity index (χ4v) is 2.87. The summed E-state index contributed by atoms with van der Waals surface area (Å²) >= 11 is 0. The third-order valence-electron chi connectivity index (χ3n) is 3.49. The highest BCUT2D eigenvalue weighted by Gasteiger charge is 2.45. The van der Waals surface area contributed by atoms with E-state index in [0.29, 0.717) is 12.5 Å². The molecule has 0 aliphatic heterocycles. The second kappa shape index (κ2) is 3.85. The molecular weight excluding hydrogens is 226 g/mol. The van der Waals surface area contributed by atoms with Crippen molar-refractivity contribution in [2.45, 2.75) is 31.7 Å². The van der Waals surface area contributed by atoms with Gasteiger partial charge in [-0.2, -0.15) is 0 Å². The number of nitrogens with one attached hydrogen (secondary N) is 2. The second-order valence-electron chi connectivity index (χ2n) is 4.76. The fraction of sp³-hybridized carbons (Fsp3) is 0.700. The molecular formula is C10H17N3O2S. The molecule has 0 atom stereocenters. The van der Waals surface area contributed by atoms with Gasteiger partial charge in [0.05, 0.1) is 12.5 Å². The predicted octanol–water partition coefficient (Wildman–Crippen LogP) is 1.12. The Labute approximate surface area is 95.7 Å². The van der Waals surface area contributed by atoms with Crippen LogP contribution in [0.4, 0.5) is 0 Å². The van der Waals surface area contributed by atoms with E-state index in [2.05, 4.69) is 28.5 Å². The standard InChI is InChI=1S/C10H17N3O2S/c1-8(2)10(3-4-10)6-13-16(14,15)9-5-11-7-12-9/h5,7-8,13H,3-4,6H2,1-2H3,(H,11,12). The van der Waals surface area contributed by atoms with Crippen LogP contribution in [-0.2, 0) is 10.0 Å². The Kier molecular flexibility index (Phi) is 2.79. The van der Waals surface area contributed by atoms with E-state index >= 15 is 0 Å². The first kappa shape index (κ1) is 11.6. The Morgan fingerprint density at radius 1 is 1.56 bits per heavy atom. The topological polar surface area (TPSA) is 74.8 Å². The number of rotatable bonds is 5. The average molecular weight is 243 g/mol. The molecule has 1 aromatic heterocycles. The molecule has 0 aromatic carbocycles. The highest BCUT2D eigenvalue weighted by molar-refractivity contribution is 7.89. The molecule has 0 saturated heterocycles. The largest absolute Gasteiger partial charge is 0.335 e. The second-order valence-corrected chi connectivity index (χ2v) is 6.49. The van der Waals surface area contributed by atoms with Crippen LogP contribution in [0.1, 0.15) is 26.7 Å². The fourth-order valence-electron chi connectivity index (χ4n) is 1.83. The molecule has 5 nitrogen and oxygen atoms in total. The van der Waals surface area contributed by atoms with Gasteiger partial charge in [0.2, 0.25) is 0 Å². The highest BCUT2D eigenvalue weighted by atomic mass is 32.2. The van der Waals surface area contributed by atoms with Crippen molar-refractivity contribution in [2.75, 3.05) is 6.54 Å². The maximum absolute atomic E-state index is 11.8. The molecule has 1 saturated carbocycles. The quantitative estimate of drug-likeness (QED) is 0.814. The minimum atomic E-state index is -3.41. The van der Waals surface area contributed by atoms with E-state index in [-0.39, 0.29) is 10.4 Å². The van der Waals surface area contributed by atoms with Gasteiger partial charge >= 0.3 is 0 Å². The summed E-state index contributed by atoms with van der Waals surface area (Å²) in [5, 5.41) is 0.132. The first-order chi connectivity index (χ1) is 7.46. The van der Waals surface area contributed by atoms with Crippen molar-refractivity contribution in [2.24, 2.45) is 11.3 Å². The molecule has 6 heteroatoms. The maximum Gasteiger partial charge on any atom is 0.257 e. The van der Waals surface area contributed by atoms with E-state index in [1.54, 1.807) is 0 Å². The molecule has 0 amide bonds. The van der Waals surface area contributed by atoms with Gasteiger partial charge in [0.1, 0.15) is 0 Å². The normalized spacial score (nSPS) is 18.9. The smallest absolute Gasteiger partial charge is 0.257 e. The van der Waals surface area contributed by atoms with Crippen LogP contribution < -0.4 is 4.72 Å².